The van der Waals surface area contributed by atoms with Crippen LogP contribution in [0.4, 0.5) is 17.6 Å². The van der Waals surface area contributed by atoms with Gasteiger partial charge in [-0.3, -0.25) is 14.5 Å². The zero-order chi connectivity index (χ0) is 18.9. The van der Waals surface area contributed by atoms with Crippen molar-refractivity contribution in [2.75, 3.05) is 6.54 Å². The molecule has 0 radical (unpaired) electrons. The Hall–Kier alpha value is -2.70. The summed E-state index contributed by atoms with van der Waals surface area (Å²) in [7, 11) is 0. The highest BCUT2D eigenvalue weighted by atomic mass is 19.1. The van der Waals surface area contributed by atoms with Crippen molar-refractivity contribution in [3.8, 4) is 0 Å². The molecule has 2 aromatic carbocycles. The number of imide groups is 1. The van der Waals surface area contributed by atoms with Crippen molar-refractivity contribution < 1.29 is 27.2 Å². The molecule has 0 atom stereocenters. The second-order valence-corrected chi connectivity index (χ2v) is 5.46. The normalized spacial score (nSPS) is 10.7. The van der Waals surface area contributed by atoms with Crippen molar-refractivity contribution in [2.24, 2.45) is 0 Å². The molecule has 0 spiro atoms. The first-order valence-electron chi connectivity index (χ1n) is 7.46. The average Bonchev–Trinajstić information content (AvgIpc) is 2.56. The van der Waals surface area contributed by atoms with Gasteiger partial charge in [0.15, 0.2) is 0 Å². The molecule has 132 valence electrons. The lowest BCUT2D eigenvalue weighted by Gasteiger charge is -2.21. The Morgan fingerprint density at radius 2 is 1.16 bits per heavy atom. The van der Waals surface area contributed by atoms with Gasteiger partial charge in [-0.2, -0.15) is 0 Å². The Balaban J connectivity index is 2.55. The van der Waals surface area contributed by atoms with Crippen LogP contribution < -0.4 is 0 Å². The summed E-state index contributed by atoms with van der Waals surface area (Å²) in [6.45, 7) is 3.68. The van der Waals surface area contributed by atoms with E-state index in [0.717, 1.165) is 24.3 Å². The molecule has 2 aromatic rings. The Kier molecular flexibility index (Phi) is 5.25. The standard InChI is InChI=1S/C18H15F4NO2/c1-4-23(17(24)13-11(19)7-5-9(2)15(13)21)18(25)14-12(20)8-6-10(3)16(14)22/h5-8H,4H2,1-3H3. The minimum Gasteiger partial charge on any atom is -0.274 e. The number of carbonyl (C=O) groups is 2. The highest BCUT2D eigenvalue weighted by Gasteiger charge is 2.31. The van der Waals surface area contributed by atoms with Crippen LogP contribution in [0, 0.1) is 37.1 Å². The molecular weight excluding hydrogens is 338 g/mol. The maximum Gasteiger partial charge on any atom is 0.266 e. The van der Waals surface area contributed by atoms with Crippen molar-refractivity contribution in [2.45, 2.75) is 20.8 Å². The molecule has 25 heavy (non-hydrogen) atoms. The van der Waals surface area contributed by atoms with Crippen molar-refractivity contribution in [1.29, 1.82) is 0 Å². The number of benzene rings is 2. The lowest BCUT2D eigenvalue weighted by Crippen LogP contribution is -2.39. The molecule has 0 bridgehead atoms. The average molecular weight is 353 g/mol. The fourth-order valence-electron chi connectivity index (χ4n) is 2.35. The summed E-state index contributed by atoms with van der Waals surface area (Å²) in [5, 5.41) is 0. The Labute approximate surface area is 141 Å². The Bertz CT molecular complexity index is 795. The molecule has 0 unspecified atom stereocenters. The van der Waals surface area contributed by atoms with E-state index >= 15 is 0 Å². The number of carbonyl (C=O) groups excluding carboxylic acids is 2. The molecule has 0 fully saturated rings. The van der Waals surface area contributed by atoms with Crippen LogP contribution >= 0.6 is 0 Å². The van der Waals surface area contributed by atoms with Gasteiger partial charge in [0.25, 0.3) is 11.8 Å². The predicted molar refractivity (Wildman–Crippen MR) is 83.2 cm³/mol. The Morgan fingerprint density at radius 3 is 1.48 bits per heavy atom. The maximum absolute atomic E-state index is 14.2. The molecule has 0 aliphatic carbocycles. The summed E-state index contributed by atoms with van der Waals surface area (Å²) in [6.07, 6.45) is 0. The van der Waals surface area contributed by atoms with Crippen molar-refractivity contribution in [3.63, 3.8) is 0 Å². The highest BCUT2D eigenvalue weighted by molar-refractivity contribution is 6.10. The van der Waals surface area contributed by atoms with E-state index in [1.165, 1.54) is 20.8 Å². The van der Waals surface area contributed by atoms with Gasteiger partial charge in [-0.25, -0.2) is 17.6 Å². The third kappa shape index (κ3) is 3.26. The Morgan fingerprint density at radius 1 is 0.800 bits per heavy atom. The minimum atomic E-state index is -1.30. The van der Waals surface area contributed by atoms with Crippen molar-refractivity contribution in [3.05, 3.63) is 69.8 Å². The predicted octanol–water partition coefficient (Wildman–Crippen LogP) is 4.16. The van der Waals surface area contributed by atoms with Gasteiger partial charge in [0.05, 0.1) is 0 Å². The van der Waals surface area contributed by atoms with Crippen LogP contribution in [0.25, 0.3) is 0 Å². The summed E-state index contributed by atoms with van der Waals surface area (Å²) < 4.78 is 56.1. The second kappa shape index (κ2) is 7.04. The van der Waals surface area contributed by atoms with E-state index in [0.29, 0.717) is 4.90 Å². The number of rotatable bonds is 3. The van der Waals surface area contributed by atoms with E-state index in [2.05, 4.69) is 0 Å². The van der Waals surface area contributed by atoms with Gasteiger partial charge in [0.1, 0.15) is 34.4 Å². The summed E-state index contributed by atoms with van der Waals surface area (Å²) in [4.78, 5) is 25.3. The van der Waals surface area contributed by atoms with Crippen LogP contribution in [0.15, 0.2) is 24.3 Å². The summed E-state index contributed by atoms with van der Waals surface area (Å²) >= 11 is 0. The molecule has 0 aliphatic rings. The molecule has 0 N–H and O–H groups in total. The number of aryl methyl sites for hydroxylation is 2. The van der Waals surface area contributed by atoms with Crippen LogP contribution in [0.2, 0.25) is 0 Å². The molecule has 0 heterocycles. The lowest BCUT2D eigenvalue weighted by molar-refractivity contribution is 0.0614. The van der Waals surface area contributed by atoms with Gasteiger partial charge in [0.2, 0.25) is 0 Å². The third-order valence-corrected chi connectivity index (χ3v) is 3.80. The molecule has 2 rings (SSSR count). The summed E-state index contributed by atoms with van der Waals surface area (Å²) in [6, 6.07) is 4.05. The number of hydrogen-bond donors (Lipinski definition) is 0. The molecule has 0 saturated carbocycles. The van der Waals surface area contributed by atoms with E-state index in [9.17, 15) is 27.2 Å². The number of amides is 2. The van der Waals surface area contributed by atoms with E-state index < -0.39 is 46.2 Å². The van der Waals surface area contributed by atoms with Gasteiger partial charge in [-0.1, -0.05) is 12.1 Å². The zero-order valence-electron chi connectivity index (χ0n) is 13.8. The molecule has 0 aromatic heterocycles. The monoisotopic (exact) mass is 353 g/mol. The third-order valence-electron chi connectivity index (χ3n) is 3.80. The van der Waals surface area contributed by atoms with Crippen LogP contribution in [0.1, 0.15) is 38.8 Å². The highest BCUT2D eigenvalue weighted by Crippen LogP contribution is 2.22. The minimum absolute atomic E-state index is 0.00108. The van der Waals surface area contributed by atoms with E-state index in [1.54, 1.807) is 0 Å². The first-order valence-corrected chi connectivity index (χ1v) is 7.46. The quantitative estimate of drug-likeness (QED) is 0.614. The fourth-order valence-corrected chi connectivity index (χ4v) is 2.35. The first kappa shape index (κ1) is 18.6. The van der Waals surface area contributed by atoms with Gasteiger partial charge in [-0.15, -0.1) is 0 Å². The molecule has 0 saturated heterocycles. The molecule has 2 amide bonds. The smallest absolute Gasteiger partial charge is 0.266 e. The lowest BCUT2D eigenvalue weighted by atomic mass is 10.1. The SMILES string of the molecule is CCN(C(=O)c1c(F)ccc(C)c1F)C(=O)c1c(F)ccc(C)c1F. The van der Waals surface area contributed by atoms with Gasteiger partial charge in [-0.05, 0) is 44.0 Å². The van der Waals surface area contributed by atoms with Gasteiger partial charge in [0, 0.05) is 6.54 Å². The first-order chi connectivity index (χ1) is 11.7. The van der Waals surface area contributed by atoms with Crippen LogP contribution in [0.3, 0.4) is 0 Å². The van der Waals surface area contributed by atoms with E-state index in [1.807, 2.05) is 0 Å². The number of halogens is 4. The van der Waals surface area contributed by atoms with Crippen molar-refractivity contribution >= 4 is 11.8 Å². The number of hydrogen-bond acceptors (Lipinski definition) is 2. The summed E-state index contributed by atoms with van der Waals surface area (Å²) in [5.74, 6) is -7.17. The van der Waals surface area contributed by atoms with Crippen LogP contribution in [-0.4, -0.2) is 23.3 Å². The number of nitrogens with zero attached hydrogens (tertiary/aromatic N) is 1. The largest absolute Gasteiger partial charge is 0.274 e. The maximum atomic E-state index is 14.2. The topological polar surface area (TPSA) is 37.4 Å². The molecule has 3 nitrogen and oxygen atoms in total. The van der Waals surface area contributed by atoms with Crippen molar-refractivity contribution in [1.82, 2.24) is 4.90 Å². The fraction of sp³-hybridized carbons (Fsp3) is 0.222. The zero-order valence-corrected chi connectivity index (χ0v) is 13.8. The van der Waals surface area contributed by atoms with Crippen LogP contribution in [0.5, 0.6) is 0 Å². The van der Waals surface area contributed by atoms with E-state index in [4.69, 9.17) is 0 Å². The van der Waals surface area contributed by atoms with Gasteiger partial charge >= 0.3 is 0 Å². The summed E-state index contributed by atoms with van der Waals surface area (Å²) in [5.41, 5.74) is -1.88. The van der Waals surface area contributed by atoms with E-state index in [-0.39, 0.29) is 17.7 Å². The molecular formula is C18H15F4NO2. The van der Waals surface area contributed by atoms with Crippen LogP contribution in [-0.2, 0) is 0 Å². The van der Waals surface area contributed by atoms with Gasteiger partial charge < -0.3 is 0 Å². The second-order valence-electron chi connectivity index (χ2n) is 5.46. The molecule has 0 aliphatic heterocycles. The molecule has 7 heteroatoms.